The van der Waals surface area contributed by atoms with Gasteiger partial charge in [0.1, 0.15) is 10.0 Å². The van der Waals surface area contributed by atoms with E-state index in [2.05, 4.69) is 15.6 Å². The van der Waals surface area contributed by atoms with Crippen LogP contribution in [0.1, 0.15) is 16.3 Å². The van der Waals surface area contributed by atoms with E-state index in [1.165, 1.54) is 10.6 Å². The maximum atomic E-state index is 13.3. The molecule has 2 amide bonds. The van der Waals surface area contributed by atoms with Crippen LogP contribution in [-0.4, -0.2) is 30.5 Å². The zero-order chi connectivity index (χ0) is 24.0. The first kappa shape index (κ1) is 22.1. The molecule has 2 aromatic carbocycles. The number of hydrogen-bond donors (Lipinski definition) is 3. The highest BCUT2D eigenvalue weighted by Crippen LogP contribution is 2.26. The standard InChI is InChI=1S/C23H21N5O4S2/c1-13-3-8-21(33-13)34(31,32)27-23(30)26-16-4-6-17(7-5-16)28-14(2)25-20-12-19-15(9-10-24-19)11-18(20)22(28)29/h3-8,11-12,24H,9-10H2,1-2H3,(H2,26,27,30). The Balaban J connectivity index is 1.38. The molecule has 4 aromatic rings. The molecule has 1 aliphatic heterocycles. The number of carbonyl (C=O) groups is 1. The van der Waals surface area contributed by atoms with Gasteiger partial charge in [0, 0.05) is 22.8 Å². The van der Waals surface area contributed by atoms with Crippen LogP contribution in [0.2, 0.25) is 0 Å². The number of nitrogens with one attached hydrogen (secondary N) is 3. The largest absolute Gasteiger partial charge is 0.384 e. The van der Waals surface area contributed by atoms with E-state index in [-0.39, 0.29) is 9.77 Å². The maximum Gasteiger partial charge on any atom is 0.333 e. The molecule has 3 N–H and O–H groups in total. The van der Waals surface area contributed by atoms with Crippen molar-refractivity contribution < 1.29 is 13.2 Å². The third-order valence-electron chi connectivity index (χ3n) is 5.56. The minimum Gasteiger partial charge on any atom is -0.384 e. The predicted molar refractivity (Wildman–Crippen MR) is 133 cm³/mol. The molecule has 0 fully saturated rings. The van der Waals surface area contributed by atoms with Crippen LogP contribution in [0.3, 0.4) is 0 Å². The number of thiophene rings is 1. The Morgan fingerprint density at radius 3 is 2.59 bits per heavy atom. The van der Waals surface area contributed by atoms with Crippen LogP contribution < -0.4 is 20.9 Å². The number of sulfonamides is 1. The summed E-state index contributed by atoms with van der Waals surface area (Å²) in [6.07, 6.45) is 0.864. The molecule has 174 valence electrons. The molecule has 0 saturated carbocycles. The van der Waals surface area contributed by atoms with E-state index in [1.54, 1.807) is 44.2 Å². The predicted octanol–water partition coefficient (Wildman–Crippen LogP) is 3.54. The highest BCUT2D eigenvalue weighted by molar-refractivity contribution is 7.92. The van der Waals surface area contributed by atoms with Gasteiger partial charge in [-0.1, -0.05) is 0 Å². The van der Waals surface area contributed by atoms with Gasteiger partial charge in [-0.2, -0.15) is 0 Å². The first-order chi connectivity index (χ1) is 16.2. The summed E-state index contributed by atoms with van der Waals surface area (Å²) in [6.45, 7) is 4.39. The number of anilines is 2. The van der Waals surface area contributed by atoms with Crippen LogP contribution in [0.4, 0.5) is 16.2 Å². The van der Waals surface area contributed by atoms with Crippen LogP contribution in [0, 0.1) is 13.8 Å². The van der Waals surface area contributed by atoms with Crippen LogP contribution in [-0.2, 0) is 16.4 Å². The molecule has 0 unspecified atom stereocenters. The van der Waals surface area contributed by atoms with E-state index in [0.717, 1.165) is 40.4 Å². The van der Waals surface area contributed by atoms with Gasteiger partial charge in [0.25, 0.3) is 15.6 Å². The summed E-state index contributed by atoms with van der Waals surface area (Å²) in [4.78, 5) is 30.9. The lowest BCUT2D eigenvalue weighted by atomic mass is 10.1. The molecule has 9 nitrogen and oxygen atoms in total. The van der Waals surface area contributed by atoms with Crippen molar-refractivity contribution in [2.45, 2.75) is 24.5 Å². The number of carbonyl (C=O) groups excluding carboxylic acids is 1. The Morgan fingerprint density at radius 2 is 1.88 bits per heavy atom. The third-order valence-corrected chi connectivity index (χ3v) is 8.39. The minimum absolute atomic E-state index is 0.0653. The fraction of sp³-hybridized carbons (Fsp3) is 0.174. The highest BCUT2D eigenvalue weighted by Gasteiger charge is 2.20. The third kappa shape index (κ3) is 4.03. The summed E-state index contributed by atoms with van der Waals surface area (Å²) in [6, 6.07) is 12.6. The van der Waals surface area contributed by atoms with E-state index in [4.69, 9.17) is 0 Å². The highest BCUT2D eigenvalue weighted by atomic mass is 32.2. The van der Waals surface area contributed by atoms with Crippen molar-refractivity contribution in [3.05, 3.63) is 75.1 Å². The average Bonchev–Trinajstić information content (AvgIpc) is 3.42. The van der Waals surface area contributed by atoms with Crippen LogP contribution in [0.25, 0.3) is 16.6 Å². The average molecular weight is 496 g/mol. The molecule has 0 radical (unpaired) electrons. The van der Waals surface area contributed by atoms with Crippen molar-refractivity contribution in [2.75, 3.05) is 17.2 Å². The number of hydrogen-bond acceptors (Lipinski definition) is 7. The number of aryl methyl sites for hydroxylation is 2. The molecule has 11 heteroatoms. The second kappa shape index (κ2) is 8.26. The molecule has 0 atom stereocenters. The lowest BCUT2D eigenvalue weighted by molar-refractivity contribution is 0.256. The van der Waals surface area contributed by atoms with Gasteiger partial charge >= 0.3 is 6.03 Å². The van der Waals surface area contributed by atoms with Gasteiger partial charge < -0.3 is 10.6 Å². The molecule has 0 spiro atoms. The van der Waals surface area contributed by atoms with Gasteiger partial charge in [-0.15, -0.1) is 11.3 Å². The van der Waals surface area contributed by atoms with Gasteiger partial charge in [0.15, 0.2) is 0 Å². The summed E-state index contributed by atoms with van der Waals surface area (Å²) in [5.41, 5.74) is 3.55. The molecule has 0 bridgehead atoms. The molecule has 5 rings (SSSR count). The van der Waals surface area contributed by atoms with Crippen molar-refractivity contribution in [1.29, 1.82) is 0 Å². The quantitative estimate of drug-likeness (QED) is 0.398. The summed E-state index contributed by atoms with van der Waals surface area (Å²) in [7, 11) is -3.95. The molecule has 3 heterocycles. The fourth-order valence-corrected chi connectivity index (χ4v) is 6.17. The molecule has 34 heavy (non-hydrogen) atoms. The SMILES string of the molecule is Cc1ccc(S(=O)(=O)NC(=O)Nc2ccc(-n3c(C)nc4cc5c(cc4c3=O)CCN5)cc2)s1. The zero-order valence-corrected chi connectivity index (χ0v) is 20.0. The van der Waals surface area contributed by atoms with Crippen molar-refractivity contribution in [1.82, 2.24) is 14.3 Å². The minimum atomic E-state index is -3.95. The first-order valence-electron chi connectivity index (χ1n) is 10.5. The Bertz CT molecular complexity index is 1610. The maximum absolute atomic E-state index is 13.3. The summed E-state index contributed by atoms with van der Waals surface area (Å²) in [5, 5.41) is 6.35. The van der Waals surface area contributed by atoms with Crippen molar-refractivity contribution >= 4 is 49.7 Å². The normalized spacial score (nSPS) is 12.9. The summed E-state index contributed by atoms with van der Waals surface area (Å²) in [5.74, 6) is 0.534. The van der Waals surface area contributed by atoms with Crippen LogP contribution in [0.15, 0.2) is 57.5 Å². The molecule has 1 aliphatic rings. The van der Waals surface area contributed by atoms with Crippen LogP contribution in [0.5, 0.6) is 0 Å². The fourth-order valence-electron chi connectivity index (χ4n) is 3.98. The van der Waals surface area contributed by atoms with Gasteiger partial charge in [-0.3, -0.25) is 9.36 Å². The van der Waals surface area contributed by atoms with E-state index in [9.17, 15) is 18.0 Å². The van der Waals surface area contributed by atoms with Crippen LogP contribution >= 0.6 is 11.3 Å². The second-order valence-corrected chi connectivity index (χ2v) is 11.2. The lowest BCUT2D eigenvalue weighted by Crippen LogP contribution is -2.33. The Labute approximate surface area is 199 Å². The number of benzene rings is 2. The number of nitrogens with zero attached hydrogens (tertiary/aromatic N) is 2. The topological polar surface area (TPSA) is 122 Å². The monoisotopic (exact) mass is 495 g/mol. The number of urea groups is 1. The van der Waals surface area contributed by atoms with Crippen molar-refractivity contribution in [3.8, 4) is 5.69 Å². The van der Waals surface area contributed by atoms with Gasteiger partial charge in [0.05, 0.1) is 16.6 Å². The van der Waals surface area contributed by atoms with Crippen molar-refractivity contribution in [2.24, 2.45) is 0 Å². The number of aromatic nitrogens is 2. The molecule has 0 saturated heterocycles. The van der Waals surface area contributed by atoms with Gasteiger partial charge in [-0.25, -0.2) is 22.9 Å². The van der Waals surface area contributed by atoms with Crippen molar-refractivity contribution in [3.63, 3.8) is 0 Å². The second-order valence-electron chi connectivity index (χ2n) is 7.97. The lowest BCUT2D eigenvalue weighted by Gasteiger charge is -2.13. The number of fused-ring (bicyclic) bond motifs is 2. The molecule has 2 aromatic heterocycles. The summed E-state index contributed by atoms with van der Waals surface area (Å²) >= 11 is 1.08. The zero-order valence-electron chi connectivity index (χ0n) is 18.4. The van der Waals surface area contributed by atoms with Gasteiger partial charge in [-0.05, 0) is 74.4 Å². The summed E-state index contributed by atoms with van der Waals surface area (Å²) < 4.78 is 28.2. The number of rotatable bonds is 4. The van der Waals surface area contributed by atoms with E-state index in [0.29, 0.717) is 28.1 Å². The molecular weight excluding hydrogens is 474 g/mol. The first-order valence-corrected chi connectivity index (χ1v) is 12.8. The van der Waals surface area contributed by atoms with Gasteiger partial charge in [0.2, 0.25) is 0 Å². The Morgan fingerprint density at radius 1 is 1.12 bits per heavy atom. The molecular formula is C23H21N5O4S2. The number of amides is 2. The van der Waals surface area contributed by atoms with E-state index < -0.39 is 16.1 Å². The Hall–Kier alpha value is -3.70. The smallest absolute Gasteiger partial charge is 0.333 e. The Kier molecular flexibility index (Phi) is 5.37. The molecule has 0 aliphatic carbocycles. The van der Waals surface area contributed by atoms with E-state index in [1.807, 2.05) is 16.9 Å². The van der Waals surface area contributed by atoms with E-state index >= 15 is 0 Å².